The second-order valence-corrected chi connectivity index (χ2v) is 8.12. The van der Waals surface area contributed by atoms with Crippen molar-refractivity contribution >= 4 is 17.5 Å². The minimum absolute atomic E-state index is 0.353. The predicted octanol–water partition coefficient (Wildman–Crippen LogP) is 3.42. The molecular weight excluding hydrogens is 376 g/mol. The van der Waals surface area contributed by atoms with E-state index >= 15 is 0 Å². The lowest BCUT2D eigenvalue weighted by Crippen LogP contribution is -2.35. The zero-order valence-corrected chi connectivity index (χ0v) is 16.6. The topological polar surface area (TPSA) is 87.8 Å². The molecule has 28 heavy (non-hydrogen) atoms. The fraction of sp³-hybridized carbons (Fsp3) is 0.550. The van der Waals surface area contributed by atoms with E-state index in [9.17, 15) is 0 Å². The molecule has 2 aliphatic rings. The third-order valence-electron chi connectivity index (χ3n) is 5.58. The Morgan fingerprint density at radius 3 is 2.68 bits per heavy atom. The lowest BCUT2D eigenvalue weighted by atomic mass is 9.91. The van der Waals surface area contributed by atoms with Crippen LogP contribution in [0.25, 0.3) is 0 Å². The largest absolute Gasteiger partial charge is 0.477 e. The first-order valence-corrected chi connectivity index (χ1v) is 10.1. The van der Waals surface area contributed by atoms with Crippen LogP contribution >= 0.6 is 11.6 Å². The van der Waals surface area contributed by atoms with Gasteiger partial charge in [-0.25, -0.2) is 15.0 Å². The number of hydrogen-bond acceptors (Lipinski definition) is 7. The van der Waals surface area contributed by atoms with Crippen LogP contribution in [0.3, 0.4) is 0 Å². The number of aryl methyl sites for hydroxylation is 1. The fourth-order valence-electron chi connectivity index (χ4n) is 3.93. The third-order valence-corrected chi connectivity index (χ3v) is 5.78. The van der Waals surface area contributed by atoms with Crippen LogP contribution in [0.15, 0.2) is 18.5 Å². The summed E-state index contributed by atoms with van der Waals surface area (Å²) in [5, 5.41) is 9.56. The van der Waals surface area contributed by atoms with Gasteiger partial charge in [-0.05, 0) is 50.4 Å². The monoisotopic (exact) mass is 398 g/mol. The number of piperidine rings is 1. The van der Waals surface area contributed by atoms with Crippen molar-refractivity contribution in [3.05, 3.63) is 35.0 Å². The standard InChI is InChI=1S/C20H23ClN6O/c1-13-25-18(9-22)8-19(26-13)28-12-16-7-15(16)6-14-2-4-27(5-3-14)20-23-10-17(21)11-24-20/h8,10-11,14-16H,2-7,12H2,1H3/t15-,16+/m1/s1. The molecule has 8 heteroatoms. The van der Waals surface area contributed by atoms with Crippen molar-refractivity contribution in [2.24, 2.45) is 17.8 Å². The number of hydrogen-bond donors (Lipinski definition) is 0. The summed E-state index contributed by atoms with van der Waals surface area (Å²) in [5.74, 6) is 3.94. The molecule has 1 aliphatic heterocycles. The van der Waals surface area contributed by atoms with Gasteiger partial charge in [0, 0.05) is 19.2 Å². The Kier molecular flexibility index (Phi) is 5.58. The predicted molar refractivity (Wildman–Crippen MR) is 105 cm³/mol. The van der Waals surface area contributed by atoms with Gasteiger partial charge < -0.3 is 9.64 Å². The second-order valence-electron chi connectivity index (χ2n) is 7.68. The average Bonchev–Trinajstić information content (AvgIpc) is 3.45. The van der Waals surface area contributed by atoms with E-state index < -0.39 is 0 Å². The molecule has 0 bridgehead atoms. The van der Waals surface area contributed by atoms with Gasteiger partial charge >= 0.3 is 0 Å². The summed E-state index contributed by atoms with van der Waals surface area (Å²) >= 11 is 5.86. The molecule has 0 amide bonds. The highest BCUT2D eigenvalue weighted by atomic mass is 35.5. The van der Waals surface area contributed by atoms with Crippen molar-refractivity contribution in [1.82, 2.24) is 19.9 Å². The molecule has 7 nitrogen and oxygen atoms in total. The molecule has 1 aliphatic carbocycles. The quantitative estimate of drug-likeness (QED) is 0.736. The molecule has 2 fully saturated rings. The van der Waals surface area contributed by atoms with Crippen molar-refractivity contribution in [1.29, 1.82) is 5.26 Å². The minimum atomic E-state index is 0.353. The Morgan fingerprint density at radius 2 is 1.96 bits per heavy atom. The van der Waals surface area contributed by atoms with Gasteiger partial charge in [0.05, 0.1) is 24.0 Å². The van der Waals surface area contributed by atoms with E-state index in [1.165, 1.54) is 25.7 Å². The maximum absolute atomic E-state index is 8.99. The average molecular weight is 399 g/mol. The Hall–Kier alpha value is -2.46. The van der Waals surface area contributed by atoms with E-state index in [-0.39, 0.29) is 0 Å². The van der Waals surface area contributed by atoms with Gasteiger partial charge in [-0.2, -0.15) is 10.2 Å². The van der Waals surface area contributed by atoms with Crippen molar-refractivity contribution in [3.63, 3.8) is 0 Å². The summed E-state index contributed by atoms with van der Waals surface area (Å²) in [6.07, 6.45) is 8.14. The van der Waals surface area contributed by atoms with E-state index in [0.29, 0.717) is 34.9 Å². The zero-order valence-electron chi connectivity index (χ0n) is 15.9. The number of aromatic nitrogens is 4. The molecular formula is C20H23ClN6O. The molecule has 3 heterocycles. The smallest absolute Gasteiger partial charge is 0.225 e. The molecule has 0 radical (unpaired) electrons. The number of anilines is 1. The second kappa shape index (κ2) is 8.27. The lowest BCUT2D eigenvalue weighted by Gasteiger charge is -2.32. The van der Waals surface area contributed by atoms with Crippen LogP contribution in [0.2, 0.25) is 5.02 Å². The highest BCUT2D eigenvalue weighted by Crippen LogP contribution is 2.45. The van der Waals surface area contributed by atoms with Crippen LogP contribution in [0.1, 0.15) is 37.2 Å². The van der Waals surface area contributed by atoms with Gasteiger partial charge in [0.25, 0.3) is 0 Å². The van der Waals surface area contributed by atoms with Crippen molar-refractivity contribution < 1.29 is 4.74 Å². The van der Waals surface area contributed by atoms with E-state index in [4.69, 9.17) is 21.6 Å². The lowest BCUT2D eigenvalue weighted by molar-refractivity contribution is 0.269. The van der Waals surface area contributed by atoms with Gasteiger partial charge in [0.15, 0.2) is 0 Å². The summed E-state index contributed by atoms with van der Waals surface area (Å²) in [5.41, 5.74) is 0.353. The zero-order chi connectivity index (χ0) is 19.5. The summed E-state index contributed by atoms with van der Waals surface area (Å²) < 4.78 is 5.82. The summed E-state index contributed by atoms with van der Waals surface area (Å²) in [6, 6.07) is 3.65. The first-order chi connectivity index (χ1) is 13.6. The van der Waals surface area contributed by atoms with E-state index in [1.807, 2.05) is 6.07 Å². The number of halogens is 1. The Morgan fingerprint density at radius 1 is 1.21 bits per heavy atom. The Balaban J connectivity index is 1.20. The molecule has 0 spiro atoms. The van der Waals surface area contributed by atoms with Gasteiger partial charge in [-0.3, -0.25) is 0 Å². The normalized spacial score (nSPS) is 22.0. The highest BCUT2D eigenvalue weighted by Gasteiger charge is 2.39. The molecule has 0 N–H and O–H groups in total. The van der Waals surface area contributed by atoms with Crippen LogP contribution in [0.4, 0.5) is 5.95 Å². The number of rotatable bonds is 6. The van der Waals surface area contributed by atoms with Gasteiger partial charge in [-0.15, -0.1) is 0 Å². The molecule has 2 aromatic rings. The van der Waals surface area contributed by atoms with Crippen LogP contribution < -0.4 is 9.64 Å². The van der Waals surface area contributed by atoms with Crippen molar-refractivity contribution in [2.45, 2.75) is 32.6 Å². The molecule has 146 valence electrons. The summed E-state index contributed by atoms with van der Waals surface area (Å²) in [7, 11) is 0. The first kappa shape index (κ1) is 18.9. The summed E-state index contributed by atoms with van der Waals surface area (Å²) in [6.45, 7) is 4.44. The van der Waals surface area contributed by atoms with Crippen LogP contribution in [0.5, 0.6) is 5.88 Å². The van der Waals surface area contributed by atoms with E-state index in [0.717, 1.165) is 30.9 Å². The van der Waals surface area contributed by atoms with Gasteiger partial charge in [-0.1, -0.05) is 11.6 Å². The summed E-state index contributed by atoms with van der Waals surface area (Å²) in [4.78, 5) is 19.2. The molecule has 1 saturated heterocycles. The SMILES string of the molecule is Cc1nc(C#N)cc(OC[C@@H]2C[C@H]2CC2CCN(c3ncc(Cl)cn3)CC2)n1. The Labute approximate surface area is 169 Å². The molecule has 4 rings (SSSR count). The first-order valence-electron chi connectivity index (χ1n) is 9.72. The molecule has 0 unspecified atom stereocenters. The van der Waals surface area contributed by atoms with Crippen molar-refractivity contribution in [3.8, 4) is 11.9 Å². The minimum Gasteiger partial charge on any atom is -0.477 e. The van der Waals surface area contributed by atoms with Crippen molar-refractivity contribution in [2.75, 3.05) is 24.6 Å². The molecule has 1 saturated carbocycles. The molecule has 0 aromatic carbocycles. The van der Waals surface area contributed by atoms with Crippen LogP contribution in [0, 0.1) is 36.0 Å². The number of nitriles is 1. The van der Waals surface area contributed by atoms with E-state index in [2.05, 4.69) is 24.8 Å². The van der Waals surface area contributed by atoms with Crippen LogP contribution in [-0.4, -0.2) is 39.6 Å². The van der Waals surface area contributed by atoms with Gasteiger partial charge in [0.2, 0.25) is 11.8 Å². The van der Waals surface area contributed by atoms with Crippen LogP contribution in [-0.2, 0) is 0 Å². The van der Waals surface area contributed by atoms with Gasteiger partial charge in [0.1, 0.15) is 17.6 Å². The fourth-order valence-corrected chi connectivity index (χ4v) is 4.03. The molecule has 2 atom stereocenters. The maximum Gasteiger partial charge on any atom is 0.225 e. The van der Waals surface area contributed by atoms with E-state index in [1.54, 1.807) is 25.4 Å². The third kappa shape index (κ3) is 4.68. The Bertz CT molecular complexity index is 860. The highest BCUT2D eigenvalue weighted by molar-refractivity contribution is 6.30. The number of ether oxygens (including phenoxy) is 1. The maximum atomic E-state index is 8.99. The molecule has 2 aromatic heterocycles. The number of nitrogens with zero attached hydrogens (tertiary/aromatic N) is 6.